The van der Waals surface area contributed by atoms with Crippen molar-refractivity contribution < 1.29 is 21.2 Å². The number of rotatable bonds is 2. The van der Waals surface area contributed by atoms with Crippen molar-refractivity contribution in [1.29, 1.82) is 0 Å². The third kappa shape index (κ3) is 3.01. The van der Waals surface area contributed by atoms with E-state index in [1.54, 1.807) is 18.3 Å². The number of carbonyl (C=O) groups is 1. The van der Waals surface area contributed by atoms with Crippen molar-refractivity contribution in [2.45, 2.75) is 11.8 Å². The Bertz CT molecular complexity index is 947. The number of aryl methyl sites for hydroxylation is 1. The van der Waals surface area contributed by atoms with Gasteiger partial charge in [-0.05, 0) is 19.1 Å². The monoisotopic (exact) mass is 377 g/mol. The molecular formula is C14H15MgN3O4S2. The van der Waals surface area contributed by atoms with E-state index in [0.29, 0.717) is 5.13 Å². The van der Waals surface area contributed by atoms with E-state index in [1.165, 1.54) is 30.5 Å². The van der Waals surface area contributed by atoms with Gasteiger partial charge in [0.2, 0.25) is 0 Å². The summed E-state index contributed by atoms with van der Waals surface area (Å²) in [4.78, 5) is 17.3. The van der Waals surface area contributed by atoms with Gasteiger partial charge in [-0.1, -0.05) is 12.1 Å². The van der Waals surface area contributed by atoms with E-state index in [9.17, 15) is 18.3 Å². The average molecular weight is 378 g/mol. The minimum Gasteiger partial charge on any atom is -1.00 e. The second-order valence-corrected chi connectivity index (χ2v) is 8.07. The summed E-state index contributed by atoms with van der Waals surface area (Å²) in [6.07, 6.45) is 1.59. The Morgan fingerprint density at radius 2 is 2.04 bits per heavy atom. The summed E-state index contributed by atoms with van der Waals surface area (Å²) in [6, 6.07) is 5.99. The number of aliphatic hydroxyl groups is 1. The van der Waals surface area contributed by atoms with E-state index in [2.05, 4.69) is 10.3 Å². The van der Waals surface area contributed by atoms with Crippen molar-refractivity contribution >= 4 is 61.2 Å². The van der Waals surface area contributed by atoms with Gasteiger partial charge in [0.1, 0.15) is 0 Å². The second kappa shape index (κ2) is 6.71. The molecule has 0 aliphatic carbocycles. The first kappa shape index (κ1) is 18.7. The summed E-state index contributed by atoms with van der Waals surface area (Å²) in [5.41, 5.74) is -0.234. The van der Waals surface area contributed by atoms with Gasteiger partial charge in [0.25, 0.3) is 15.9 Å². The van der Waals surface area contributed by atoms with Gasteiger partial charge in [-0.3, -0.25) is 14.4 Å². The molecule has 1 aromatic carbocycles. The number of likely N-dealkylation sites (N-methyl/N-ethyl adjacent to an activating group) is 1. The molecule has 0 fully saturated rings. The third-order valence-electron chi connectivity index (χ3n) is 3.38. The van der Waals surface area contributed by atoms with Crippen LogP contribution in [0.1, 0.15) is 13.3 Å². The molecule has 0 saturated heterocycles. The van der Waals surface area contributed by atoms with E-state index < -0.39 is 15.9 Å². The fourth-order valence-electron chi connectivity index (χ4n) is 2.25. The molecule has 0 radical (unpaired) electrons. The fraction of sp³-hybridized carbons (Fsp3) is 0.143. The molecule has 1 aliphatic rings. The molecule has 10 heteroatoms. The Hall–Kier alpha value is -1.62. The van der Waals surface area contributed by atoms with Crippen LogP contribution in [0.2, 0.25) is 0 Å². The zero-order valence-corrected chi connectivity index (χ0v) is 16.0. The molecule has 1 aromatic heterocycles. The molecule has 2 aromatic rings. The molecule has 0 bridgehead atoms. The van der Waals surface area contributed by atoms with Gasteiger partial charge in [0, 0.05) is 23.7 Å². The number of fused-ring (bicyclic) bond motifs is 1. The number of nitrogens with one attached hydrogen (secondary N) is 1. The zero-order valence-electron chi connectivity index (χ0n) is 15.0. The van der Waals surface area contributed by atoms with Crippen LogP contribution in [0.25, 0.3) is 5.76 Å². The largest absolute Gasteiger partial charge is 2.00 e. The van der Waals surface area contributed by atoms with E-state index in [0.717, 1.165) is 9.18 Å². The number of benzene rings is 1. The number of sulfonamides is 1. The van der Waals surface area contributed by atoms with Gasteiger partial charge in [-0.2, -0.15) is 0 Å². The molecule has 0 unspecified atom stereocenters. The average Bonchev–Trinajstić information content (AvgIpc) is 2.91. The minimum atomic E-state index is -3.90. The summed E-state index contributed by atoms with van der Waals surface area (Å²) >= 11 is 1.25. The van der Waals surface area contributed by atoms with Crippen molar-refractivity contribution in [3.63, 3.8) is 0 Å². The van der Waals surface area contributed by atoms with E-state index in [-0.39, 0.29) is 47.8 Å². The van der Waals surface area contributed by atoms with E-state index >= 15 is 0 Å². The van der Waals surface area contributed by atoms with Crippen LogP contribution in [0, 0.1) is 6.92 Å². The Labute approximate surface area is 162 Å². The van der Waals surface area contributed by atoms with Gasteiger partial charge < -0.3 is 7.96 Å². The van der Waals surface area contributed by atoms with Crippen LogP contribution in [0.4, 0.5) is 5.13 Å². The number of thiazole rings is 1. The van der Waals surface area contributed by atoms with Crippen LogP contribution in [0.15, 0.2) is 41.1 Å². The van der Waals surface area contributed by atoms with Crippen LogP contribution in [-0.2, 0) is 14.8 Å². The molecule has 124 valence electrons. The molecule has 0 saturated carbocycles. The first-order valence-corrected chi connectivity index (χ1v) is 8.83. The molecule has 1 amide bonds. The van der Waals surface area contributed by atoms with E-state index in [1.807, 2.05) is 6.92 Å². The number of aliphatic hydroxyl groups excluding tert-OH is 1. The molecule has 2 N–H and O–H groups in total. The van der Waals surface area contributed by atoms with Crippen LogP contribution >= 0.6 is 11.3 Å². The number of carbonyl (C=O) groups excluding carboxylic acids is 1. The van der Waals surface area contributed by atoms with Gasteiger partial charge in [-0.25, -0.2) is 13.4 Å². The summed E-state index contributed by atoms with van der Waals surface area (Å²) < 4.78 is 25.8. The Morgan fingerprint density at radius 3 is 2.67 bits per heavy atom. The zero-order chi connectivity index (χ0) is 16.8. The predicted octanol–water partition coefficient (Wildman–Crippen LogP) is 1.80. The Balaban J connectivity index is 0.00000208. The van der Waals surface area contributed by atoms with Crippen molar-refractivity contribution in [3.8, 4) is 0 Å². The van der Waals surface area contributed by atoms with Gasteiger partial charge in [-0.15, -0.1) is 11.3 Å². The molecule has 7 nitrogen and oxygen atoms in total. The maximum absolute atomic E-state index is 12.5. The molecular weight excluding hydrogens is 363 g/mol. The smallest absolute Gasteiger partial charge is 1.00 e. The maximum atomic E-state index is 12.5. The van der Waals surface area contributed by atoms with Gasteiger partial charge in [0.15, 0.2) is 16.6 Å². The number of aromatic nitrogens is 1. The predicted molar refractivity (Wildman–Crippen MR) is 94.4 cm³/mol. The van der Waals surface area contributed by atoms with Crippen molar-refractivity contribution in [2.75, 3.05) is 12.4 Å². The third-order valence-corrected chi connectivity index (χ3v) is 6.02. The van der Waals surface area contributed by atoms with E-state index in [4.69, 9.17) is 0 Å². The van der Waals surface area contributed by atoms with Crippen molar-refractivity contribution in [3.05, 3.63) is 46.6 Å². The molecule has 2 heterocycles. The summed E-state index contributed by atoms with van der Waals surface area (Å²) in [5, 5.41) is 13.2. The van der Waals surface area contributed by atoms with Crippen molar-refractivity contribution in [2.24, 2.45) is 0 Å². The van der Waals surface area contributed by atoms with Crippen LogP contribution in [0.5, 0.6) is 0 Å². The number of hydrogen-bond donors (Lipinski definition) is 2. The molecule has 0 spiro atoms. The quantitative estimate of drug-likeness (QED) is 0.777. The SMILES string of the molecule is Cc1cnc(NC(=O)C2=C(O)c3ccccc3S(=O)(=O)N2C)s1.[H-].[H-].[Mg+2]. The fourth-order valence-corrected chi connectivity index (χ4v) is 4.31. The number of nitrogens with zero attached hydrogens (tertiary/aromatic N) is 2. The van der Waals surface area contributed by atoms with Crippen molar-refractivity contribution in [1.82, 2.24) is 9.29 Å². The molecule has 3 rings (SSSR count). The molecule has 1 aliphatic heterocycles. The topological polar surface area (TPSA) is 99.6 Å². The molecule has 0 atom stereocenters. The summed E-state index contributed by atoms with van der Waals surface area (Å²) in [5.74, 6) is -1.12. The standard InChI is InChI=1S/C14H13N3O4S2.Mg.2H/c1-8-7-15-14(22-8)16-13(19)11-12(18)9-5-3-4-6-10(9)23(20,21)17(11)2;;;/h3-7,18H,1-2H3,(H,15,16,19);;;/q;+2;2*-1. The van der Waals surface area contributed by atoms with Gasteiger partial charge >= 0.3 is 23.1 Å². The summed E-state index contributed by atoms with van der Waals surface area (Å²) in [6.45, 7) is 1.83. The Kier molecular flexibility index (Phi) is 5.23. The van der Waals surface area contributed by atoms with Gasteiger partial charge in [0.05, 0.1) is 4.90 Å². The first-order chi connectivity index (χ1) is 10.8. The summed E-state index contributed by atoms with van der Waals surface area (Å²) in [7, 11) is -2.67. The van der Waals surface area contributed by atoms with Crippen LogP contribution < -0.4 is 5.32 Å². The second-order valence-electron chi connectivity index (χ2n) is 4.90. The minimum absolute atomic E-state index is 0. The number of hydrogen-bond acceptors (Lipinski definition) is 6. The van der Waals surface area contributed by atoms with Crippen LogP contribution in [-0.4, -0.2) is 58.8 Å². The number of anilines is 1. The Morgan fingerprint density at radius 1 is 1.38 bits per heavy atom. The number of amides is 1. The molecule has 24 heavy (non-hydrogen) atoms. The van der Waals surface area contributed by atoms with Crippen LogP contribution in [0.3, 0.4) is 0 Å². The maximum Gasteiger partial charge on any atom is 2.00 e. The first-order valence-electron chi connectivity index (χ1n) is 6.57. The normalized spacial score (nSPS) is 15.5.